The van der Waals surface area contributed by atoms with E-state index in [0.717, 1.165) is 22.3 Å². The van der Waals surface area contributed by atoms with Gasteiger partial charge in [-0.05, 0) is 36.1 Å². The molecule has 1 amide bonds. The summed E-state index contributed by atoms with van der Waals surface area (Å²) in [6.07, 6.45) is 2.31. The number of fused-ring (bicyclic) bond motifs is 3. The Kier molecular flexibility index (Phi) is 5.28. The summed E-state index contributed by atoms with van der Waals surface area (Å²) in [5.74, 6) is -1.16. The smallest absolute Gasteiger partial charge is 0.421 e. The Balaban J connectivity index is 1.67. The van der Waals surface area contributed by atoms with Gasteiger partial charge in [0.25, 0.3) is 0 Å². The molecule has 0 aromatic heterocycles. The van der Waals surface area contributed by atoms with Crippen LogP contribution in [0.5, 0.6) is 0 Å². The predicted molar refractivity (Wildman–Crippen MR) is 102 cm³/mol. The van der Waals surface area contributed by atoms with Gasteiger partial charge in [0, 0.05) is 5.92 Å². The molecule has 27 heavy (non-hydrogen) atoms. The zero-order valence-corrected chi connectivity index (χ0v) is 15.2. The minimum atomic E-state index is -1.42. The summed E-state index contributed by atoms with van der Waals surface area (Å²) in [6.45, 7) is 3.31. The van der Waals surface area contributed by atoms with Crippen molar-refractivity contribution >= 4 is 12.1 Å². The van der Waals surface area contributed by atoms with Crippen LogP contribution in [0.25, 0.3) is 11.1 Å². The van der Waals surface area contributed by atoms with Crippen LogP contribution in [0.1, 0.15) is 30.9 Å². The molecule has 1 aliphatic carbocycles. The summed E-state index contributed by atoms with van der Waals surface area (Å²) >= 11 is 0. The SMILES string of the molecule is CC=CC(C)(NNC(=O)OCC1c2ccccc2-c2ccccc21)C(=O)O. The van der Waals surface area contributed by atoms with Crippen molar-refractivity contribution in [3.05, 3.63) is 71.8 Å². The van der Waals surface area contributed by atoms with Gasteiger partial charge in [-0.15, -0.1) is 0 Å². The van der Waals surface area contributed by atoms with Crippen LogP contribution >= 0.6 is 0 Å². The summed E-state index contributed by atoms with van der Waals surface area (Å²) in [5.41, 5.74) is 7.92. The average Bonchev–Trinajstić information content (AvgIpc) is 2.99. The molecule has 1 atom stereocenters. The molecule has 1 aliphatic rings. The molecule has 0 fully saturated rings. The molecule has 140 valence electrons. The second-order valence-electron chi connectivity index (χ2n) is 6.58. The van der Waals surface area contributed by atoms with Gasteiger partial charge in [0.2, 0.25) is 0 Å². The van der Waals surface area contributed by atoms with E-state index in [1.165, 1.54) is 13.0 Å². The lowest BCUT2D eigenvalue weighted by Gasteiger charge is -2.23. The maximum atomic E-state index is 12.1. The molecule has 2 aromatic rings. The molecule has 0 heterocycles. The van der Waals surface area contributed by atoms with Crippen molar-refractivity contribution in [2.75, 3.05) is 6.61 Å². The minimum Gasteiger partial charge on any atom is -0.480 e. The van der Waals surface area contributed by atoms with Crippen molar-refractivity contribution < 1.29 is 19.4 Å². The number of hydrogen-bond donors (Lipinski definition) is 3. The van der Waals surface area contributed by atoms with Crippen LogP contribution in [-0.2, 0) is 9.53 Å². The third-order valence-corrected chi connectivity index (χ3v) is 4.71. The van der Waals surface area contributed by atoms with Gasteiger partial charge in [0.1, 0.15) is 12.1 Å². The molecule has 3 rings (SSSR count). The first kappa shape index (κ1) is 18.7. The minimum absolute atomic E-state index is 0.0513. The van der Waals surface area contributed by atoms with Crippen LogP contribution in [0.3, 0.4) is 0 Å². The first-order valence-electron chi connectivity index (χ1n) is 8.71. The number of allylic oxidation sites excluding steroid dienone is 1. The van der Waals surface area contributed by atoms with E-state index in [0.29, 0.717) is 0 Å². The van der Waals surface area contributed by atoms with E-state index < -0.39 is 17.6 Å². The number of hydrogen-bond acceptors (Lipinski definition) is 4. The molecule has 0 radical (unpaired) electrons. The Morgan fingerprint density at radius 3 is 2.19 bits per heavy atom. The van der Waals surface area contributed by atoms with E-state index in [9.17, 15) is 14.7 Å². The first-order valence-corrected chi connectivity index (χ1v) is 8.71. The van der Waals surface area contributed by atoms with Crippen LogP contribution in [-0.4, -0.2) is 29.3 Å². The number of carboxylic acid groups (broad SMARTS) is 1. The molecular weight excluding hydrogens is 344 g/mol. The van der Waals surface area contributed by atoms with E-state index in [1.54, 1.807) is 13.0 Å². The summed E-state index contributed by atoms with van der Waals surface area (Å²) < 4.78 is 5.36. The number of carbonyl (C=O) groups excluding carboxylic acids is 1. The molecule has 0 bridgehead atoms. The fraction of sp³-hybridized carbons (Fsp3) is 0.238. The zero-order valence-electron chi connectivity index (χ0n) is 15.2. The van der Waals surface area contributed by atoms with E-state index in [1.807, 2.05) is 36.4 Å². The lowest BCUT2D eigenvalue weighted by molar-refractivity contribution is -0.142. The van der Waals surface area contributed by atoms with Crippen molar-refractivity contribution in [1.29, 1.82) is 0 Å². The summed E-state index contributed by atoms with van der Waals surface area (Å²) in [7, 11) is 0. The largest absolute Gasteiger partial charge is 0.480 e. The van der Waals surface area contributed by atoms with Gasteiger partial charge in [-0.2, -0.15) is 0 Å². The Morgan fingerprint density at radius 1 is 1.11 bits per heavy atom. The summed E-state index contributed by atoms with van der Waals surface area (Å²) in [6, 6.07) is 16.1. The normalized spacial score (nSPS) is 15.0. The number of ether oxygens (including phenoxy) is 1. The average molecular weight is 366 g/mol. The van der Waals surface area contributed by atoms with Crippen LogP contribution in [0, 0.1) is 0 Å². The van der Waals surface area contributed by atoms with Gasteiger partial charge in [-0.25, -0.2) is 15.0 Å². The van der Waals surface area contributed by atoms with Gasteiger partial charge in [0.05, 0.1) is 0 Å². The molecule has 1 unspecified atom stereocenters. The molecule has 3 N–H and O–H groups in total. The monoisotopic (exact) mass is 366 g/mol. The topological polar surface area (TPSA) is 87.7 Å². The van der Waals surface area contributed by atoms with Gasteiger partial charge in [0.15, 0.2) is 0 Å². The Morgan fingerprint density at radius 2 is 1.67 bits per heavy atom. The fourth-order valence-electron chi connectivity index (χ4n) is 3.32. The number of hydrazine groups is 1. The number of amides is 1. The number of carbonyl (C=O) groups is 2. The molecule has 0 aliphatic heterocycles. The van der Waals surface area contributed by atoms with E-state index in [-0.39, 0.29) is 12.5 Å². The van der Waals surface area contributed by atoms with Gasteiger partial charge < -0.3 is 9.84 Å². The maximum absolute atomic E-state index is 12.1. The van der Waals surface area contributed by atoms with Gasteiger partial charge >= 0.3 is 12.1 Å². The second kappa shape index (κ2) is 7.63. The van der Waals surface area contributed by atoms with Crippen LogP contribution in [0.4, 0.5) is 4.79 Å². The number of nitrogens with one attached hydrogen (secondary N) is 2. The third kappa shape index (κ3) is 3.71. The fourth-order valence-corrected chi connectivity index (χ4v) is 3.32. The van der Waals surface area contributed by atoms with E-state index in [2.05, 4.69) is 23.0 Å². The van der Waals surface area contributed by atoms with Crippen LogP contribution < -0.4 is 10.9 Å². The van der Waals surface area contributed by atoms with Crippen molar-refractivity contribution in [2.24, 2.45) is 0 Å². The highest BCUT2D eigenvalue weighted by Crippen LogP contribution is 2.44. The second-order valence-corrected chi connectivity index (χ2v) is 6.58. The molecule has 0 saturated heterocycles. The standard InChI is InChI=1S/C21H22N2O4/c1-3-12-21(2,19(24)25)23-22-20(26)27-13-18-16-10-6-4-8-14(16)15-9-5-7-11-17(15)18/h3-12,18,23H,13H2,1-2H3,(H,22,26)(H,24,25). The zero-order chi connectivity index (χ0) is 19.4. The van der Waals surface area contributed by atoms with Crippen molar-refractivity contribution in [2.45, 2.75) is 25.3 Å². The molecule has 6 heteroatoms. The number of benzene rings is 2. The number of carboxylic acids is 1. The van der Waals surface area contributed by atoms with Crippen molar-refractivity contribution in [1.82, 2.24) is 10.9 Å². The predicted octanol–water partition coefficient (Wildman–Crippen LogP) is 3.45. The van der Waals surface area contributed by atoms with Crippen LogP contribution in [0.15, 0.2) is 60.7 Å². The lowest BCUT2D eigenvalue weighted by Crippen LogP contribution is -2.56. The Hall–Kier alpha value is -3.12. The van der Waals surface area contributed by atoms with E-state index in [4.69, 9.17) is 4.74 Å². The number of aliphatic carboxylic acids is 1. The molecule has 0 saturated carbocycles. The highest BCUT2D eigenvalue weighted by molar-refractivity contribution is 5.81. The highest BCUT2D eigenvalue weighted by Gasteiger charge is 2.31. The number of rotatable bonds is 6. The molecular formula is C21H22N2O4. The molecule has 2 aromatic carbocycles. The van der Waals surface area contributed by atoms with Crippen molar-refractivity contribution in [3.8, 4) is 11.1 Å². The quantitative estimate of drug-likeness (QED) is 0.538. The summed E-state index contributed by atoms with van der Waals surface area (Å²) in [4.78, 5) is 23.4. The first-order chi connectivity index (χ1) is 13.0. The third-order valence-electron chi connectivity index (χ3n) is 4.71. The van der Waals surface area contributed by atoms with Gasteiger partial charge in [-0.3, -0.25) is 5.43 Å². The summed E-state index contributed by atoms with van der Waals surface area (Å²) in [5, 5.41) is 9.29. The van der Waals surface area contributed by atoms with Gasteiger partial charge in [-0.1, -0.05) is 60.7 Å². The Labute approximate surface area is 157 Å². The van der Waals surface area contributed by atoms with E-state index >= 15 is 0 Å². The maximum Gasteiger partial charge on any atom is 0.421 e. The lowest BCUT2D eigenvalue weighted by atomic mass is 9.98. The van der Waals surface area contributed by atoms with Crippen molar-refractivity contribution in [3.63, 3.8) is 0 Å². The van der Waals surface area contributed by atoms with Crippen LogP contribution in [0.2, 0.25) is 0 Å². The molecule has 6 nitrogen and oxygen atoms in total. The highest BCUT2D eigenvalue weighted by atomic mass is 16.6. The Bertz CT molecular complexity index is 848. The molecule has 0 spiro atoms.